The van der Waals surface area contributed by atoms with Crippen molar-refractivity contribution in [2.75, 3.05) is 18.0 Å². The molecule has 1 aliphatic heterocycles. The zero-order valence-electron chi connectivity index (χ0n) is 18.1. The molecule has 0 unspecified atom stereocenters. The van der Waals surface area contributed by atoms with Crippen molar-refractivity contribution in [2.45, 2.75) is 25.9 Å². The highest BCUT2D eigenvalue weighted by Crippen LogP contribution is 2.34. The summed E-state index contributed by atoms with van der Waals surface area (Å²) >= 11 is 6.04. The van der Waals surface area contributed by atoms with Crippen LogP contribution in [-0.4, -0.2) is 29.1 Å². The van der Waals surface area contributed by atoms with Crippen molar-refractivity contribution >= 4 is 23.4 Å². The summed E-state index contributed by atoms with van der Waals surface area (Å²) in [7, 11) is 0. The number of amides is 1. The molecule has 7 heteroatoms. The monoisotopic (exact) mass is 461 g/mol. The number of aromatic nitrogens is 1. The van der Waals surface area contributed by atoms with Crippen molar-refractivity contribution in [1.82, 2.24) is 10.1 Å². The Labute approximate surface area is 197 Å². The summed E-state index contributed by atoms with van der Waals surface area (Å²) in [5.41, 5.74) is 3.17. The highest BCUT2D eigenvalue weighted by molar-refractivity contribution is 6.30. The van der Waals surface area contributed by atoms with Crippen molar-refractivity contribution in [1.29, 1.82) is 0 Å². The largest absolute Gasteiger partial charge is 0.467 e. The molecule has 0 atom stereocenters. The first-order valence-electron chi connectivity index (χ1n) is 11.0. The highest BCUT2D eigenvalue weighted by Gasteiger charge is 2.28. The van der Waals surface area contributed by atoms with Crippen LogP contribution < -0.4 is 4.90 Å². The molecule has 0 radical (unpaired) electrons. The number of benzene rings is 2. The summed E-state index contributed by atoms with van der Waals surface area (Å²) in [6.07, 6.45) is 3.84. The maximum atomic E-state index is 13.6. The molecule has 1 fully saturated rings. The van der Waals surface area contributed by atoms with Crippen LogP contribution in [0, 0.1) is 0 Å². The van der Waals surface area contributed by atoms with Gasteiger partial charge in [0, 0.05) is 29.2 Å². The van der Waals surface area contributed by atoms with Gasteiger partial charge in [-0.3, -0.25) is 4.79 Å². The van der Waals surface area contributed by atoms with Crippen molar-refractivity contribution in [3.05, 3.63) is 94.9 Å². The summed E-state index contributed by atoms with van der Waals surface area (Å²) < 4.78 is 11.4. The second kappa shape index (κ2) is 9.55. The van der Waals surface area contributed by atoms with Gasteiger partial charge in [0.2, 0.25) is 5.88 Å². The molecule has 5 rings (SSSR count). The fourth-order valence-electron chi connectivity index (χ4n) is 4.19. The second-order valence-corrected chi connectivity index (χ2v) is 8.56. The quantitative estimate of drug-likeness (QED) is 0.336. The van der Waals surface area contributed by atoms with Gasteiger partial charge in [-0.15, -0.1) is 0 Å². The van der Waals surface area contributed by atoms with Gasteiger partial charge >= 0.3 is 0 Å². The molecule has 0 spiro atoms. The molecule has 4 aromatic rings. The number of rotatable bonds is 7. The Balaban J connectivity index is 1.54. The molecule has 0 aliphatic carbocycles. The molecule has 2 aromatic heterocycles. The molecule has 0 bridgehead atoms. The van der Waals surface area contributed by atoms with Crippen molar-refractivity contribution in [2.24, 2.45) is 0 Å². The summed E-state index contributed by atoms with van der Waals surface area (Å²) in [6, 6.07) is 20.6. The van der Waals surface area contributed by atoms with E-state index in [1.165, 1.54) is 0 Å². The van der Waals surface area contributed by atoms with Crippen LogP contribution in [-0.2, 0) is 13.1 Å². The van der Waals surface area contributed by atoms with E-state index in [4.69, 9.17) is 20.5 Å². The first-order chi connectivity index (χ1) is 16.2. The van der Waals surface area contributed by atoms with Crippen molar-refractivity contribution < 1.29 is 13.7 Å². The molecule has 6 nitrogen and oxygen atoms in total. The molecule has 0 saturated carbocycles. The van der Waals surface area contributed by atoms with E-state index in [2.05, 4.69) is 10.1 Å². The zero-order valence-corrected chi connectivity index (χ0v) is 18.9. The predicted molar refractivity (Wildman–Crippen MR) is 127 cm³/mol. The molecule has 1 amide bonds. The van der Waals surface area contributed by atoms with Crippen LogP contribution in [0.25, 0.3) is 11.3 Å². The minimum atomic E-state index is -0.115. The van der Waals surface area contributed by atoms with Crippen LogP contribution in [0.2, 0.25) is 5.02 Å². The van der Waals surface area contributed by atoms with Gasteiger partial charge in [0.15, 0.2) is 0 Å². The van der Waals surface area contributed by atoms with E-state index in [0.717, 1.165) is 48.6 Å². The Bertz CT molecular complexity index is 1200. The molecular formula is C26H24ClN3O3. The summed E-state index contributed by atoms with van der Waals surface area (Å²) in [6.45, 7) is 2.49. The average molecular weight is 462 g/mol. The number of carbonyl (C=O) groups excluding carboxylic acids is 1. The predicted octanol–water partition coefficient (Wildman–Crippen LogP) is 6.03. The van der Waals surface area contributed by atoms with Gasteiger partial charge in [0.05, 0.1) is 24.9 Å². The maximum absolute atomic E-state index is 13.6. The van der Waals surface area contributed by atoms with Gasteiger partial charge in [0.25, 0.3) is 5.91 Å². The third-order valence-electron chi connectivity index (χ3n) is 5.86. The molecular weight excluding hydrogens is 438 g/mol. The summed E-state index contributed by atoms with van der Waals surface area (Å²) in [5.74, 6) is 1.33. The number of nitrogens with zero attached hydrogens (tertiary/aromatic N) is 3. The topological polar surface area (TPSA) is 62.7 Å². The fraction of sp³-hybridized carbons (Fsp3) is 0.231. The highest BCUT2D eigenvalue weighted by atomic mass is 35.5. The van der Waals surface area contributed by atoms with Crippen LogP contribution in [0.3, 0.4) is 0 Å². The van der Waals surface area contributed by atoms with E-state index in [1.807, 2.05) is 42.5 Å². The maximum Gasteiger partial charge on any atom is 0.254 e. The smallest absolute Gasteiger partial charge is 0.254 e. The van der Waals surface area contributed by atoms with Gasteiger partial charge in [-0.2, -0.15) is 0 Å². The van der Waals surface area contributed by atoms with E-state index in [-0.39, 0.29) is 5.91 Å². The standard InChI is InChI=1S/C26H24ClN3O3/c27-21-12-10-20(11-13-21)25(31)30(17-22-9-6-16-32-22)18-23-24(19-7-2-1-3-8-19)28-33-26(23)29-14-4-5-15-29/h1-3,6-13,16H,4-5,14-15,17-18H2. The van der Waals surface area contributed by atoms with Gasteiger partial charge < -0.3 is 18.7 Å². The Morgan fingerprint density at radius 2 is 1.73 bits per heavy atom. The number of halogens is 1. The minimum Gasteiger partial charge on any atom is -0.467 e. The second-order valence-electron chi connectivity index (χ2n) is 8.12. The summed E-state index contributed by atoms with van der Waals surface area (Å²) in [5, 5.41) is 5.02. The van der Waals surface area contributed by atoms with E-state index < -0.39 is 0 Å². The number of carbonyl (C=O) groups is 1. The lowest BCUT2D eigenvalue weighted by atomic mass is 10.1. The zero-order chi connectivity index (χ0) is 22.6. The molecule has 0 N–H and O–H groups in total. The lowest BCUT2D eigenvalue weighted by Crippen LogP contribution is -2.31. The normalized spacial score (nSPS) is 13.4. The first-order valence-corrected chi connectivity index (χ1v) is 11.4. The molecule has 2 aromatic carbocycles. The number of furan rings is 1. The van der Waals surface area contributed by atoms with E-state index in [9.17, 15) is 4.79 Å². The SMILES string of the molecule is O=C(c1ccc(Cl)cc1)N(Cc1ccco1)Cc1c(-c2ccccc2)noc1N1CCCC1. The lowest BCUT2D eigenvalue weighted by molar-refractivity contribution is 0.0718. The molecule has 1 aliphatic rings. The van der Waals surface area contributed by atoms with Crippen molar-refractivity contribution in [3.63, 3.8) is 0 Å². The van der Waals surface area contributed by atoms with Crippen LogP contribution in [0.5, 0.6) is 0 Å². The Morgan fingerprint density at radius 3 is 2.42 bits per heavy atom. The van der Waals surface area contributed by atoms with Crippen LogP contribution in [0.1, 0.15) is 34.5 Å². The lowest BCUT2D eigenvalue weighted by Gasteiger charge is -2.24. The molecule has 168 valence electrons. The molecule has 3 heterocycles. The van der Waals surface area contributed by atoms with Crippen LogP contribution in [0.4, 0.5) is 5.88 Å². The van der Waals surface area contributed by atoms with Gasteiger partial charge in [-0.05, 0) is 49.2 Å². The Morgan fingerprint density at radius 1 is 0.970 bits per heavy atom. The van der Waals surface area contributed by atoms with Crippen LogP contribution >= 0.6 is 11.6 Å². The van der Waals surface area contributed by atoms with E-state index in [1.54, 1.807) is 35.4 Å². The van der Waals surface area contributed by atoms with Gasteiger partial charge in [-0.25, -0.2) is 0 Å². The van der Waals surface area contributed by atoms with E-state index in [0.29, 0.717) is 29.4 Å². The third-order valence-corrected chi connectivity index (χ3v) is 6.11. The Kier molecular flexibility index (Phi) is 6.17. The van der Waals surface area contributed by atoms with Gasteiger partial charge in [0.1, 0.15) is 11.5 Å². The third kappa shape index (κ3) is 4.66. The molecule has 1 saturated heterocycles. The number of hydrogen-bond acceptors (Lipinski definition) is 5. The van der Waals surface area contributed by atoms with Crippen molar-refractivity contribution in [3.8, 4) is 11.3 Å². The van der Waals surface area contributed by atoms with E-state index >= 15 is 0 Å². The first kappa shape index (κ1) is 21.3. The van der Waals surface area contributed by atoms with Gasteiger partial charge in [-0.1, -0.05) is 47.1 Å². The van der Waals surface area contributed by atoms with Crippen LogP contribution in [0.15, 0.2) is 81.9 Å². The average Bonchev–Trinajstić information content (AvgIpc) is 3.61. The molecule has 33 heavy (non-hydrogen) atoms. The Hall–Kier alpha value is -3.51. The number of hydrogen-bond donors (Lipinski definition) is 0. The summed E-state index contributed by atoms with van der Waals surface area (Å²) in [4.78, 5) is 17.5. The fourth-order valence-corrected chi connectivity index (χ4v) is 4.32. The minimum absolute atomic E-state index is 0.115. The number of anilines is 1.